The third-order valence-electron chi connectivity index (χ3n) is 3.62. The summed E-state index contributed by atoms with van der Waals surface area (Å²) >= 11 is 0. The lowest BCUT2D eigenvalue weighted by Crippen LogP contribution is -2.38. The fourth-order valence-corrected chi connectivity index (χ4v) is 2.49. The van der Waals surface area contributed by atoms with Crippen LogP contribution in [-0.2, 0) is 4.79 Å². The van der Waals surface area contributed by atoms with Crippen LogP contribution in [0.25, 0.3) is 0 Å². The van der Waals surface area contributed by atoms with Gasteiger partial charge in [-0.1, -0.05) is 25.0 Å². The fourth-order valence-electron chi connectivity index (χ4n) is 2.49. The van der Waals surface area contributed by atoms with Crippen molar-refractivity contribution in [2.75, 3.05) is 13.1 Å². The first-order chi connectivity index (χ1) is 9.16. The Hall–Kier alpha value is -1.42. The van der Waals surface area contributed by atoms with Gasteiger partial charge in [0, 0.05) is 25.6 Å². The summed E-state index contributed by atoms with van der Waals surface area (Å²) in [7, 11) is 0. The second-order valence-corrected chi connectivity index (χ2v) is 5.17. The van der Waals surface area contributed by atoms with Crippen LogP contribution in [-0.4, -0.2) is 23.9 Å². The van der Waals surface area contributed by atoms with Crippen molar-refractivity contribution in [2.24, 2.45) is 5.73 Å². The van der Waals surface area contributed by atoms with Crippen LogP contribution in [0.15, 0.2) is 24.3 Å². The predicted octanol–water partition coefficient (Wildman–Crippen LogP) is 2.62. The van der Waals surface area contributed by atoms with E-state index in [0.29, 0.717) is 13.0 Å². The van der Waals surface area contributed by atoms with E-state index in [1.54, 1.807) is 6.07 Å². The number of amides is 1. The Balaban J connectivity index is 1.99. The van der Waals surface area contributed by atoms with Gasteiger partial charge in [0.25, 0.3) is 0 Å². The van der Waals surface area contributed by atoms with Crippen molar-refractivity contribution in [3.05, 3.63) is 35.6 Å². The predicted molar refractivity (Wildman–Crippen MR) is 73.0 cm³/mol. The van der Waals surface area contributed by atoms with E-state index >= 15 is 0 Å². The topological polar surface area (TPSA) is 46.3 Å². The summed E-state index contributed by atoms with van der Waals surface area (Å²) in [5.74, 6) is -0.113. The molecule has 1 heterocycles. The number of likely N-dealkylation sites (tertiary alicyclic amines) is 1. The van der Waals surface area contributed by atoms with E-state index in [-0.39, 0.29) is 17.8 Å². The van der Waals surface area contributed by atoms with Crippen molar-refractivity contribution in [1.29, 1.82) is 0 Å². The van der Waals surface area contributed by atoms with Crippen molar-refractivity contribution >= 4 is 5.91 Å². The standard InChI is InChI=1S/C15H21FN2O/c16-13-7-5-6-12(10-13)14(17)11-18-9-4-2-1-3-8-15(18)19/h5-7,10,14H,1-4,8-9,11,17H2. The molecule has 1 atom stereocenters. The third kappa shape index (κ3) is 4.03. The minimum atomic E-state index is -0.320. The molecule has 2 rings (SSSR count). The van der Waals surface area contributed by atoms with Crippen LogP contribution in [0.5, 0.6) is 0 Å². The molecular formula is C15H21FN2O. The van der Waals surface area contributed by atoms with E-state index in [0.717, 1.165) is 31.4 Å². The van der Waals surface area contributed by atoms with E-state index in [1.807, 2.05) is 11.0 Å². The van der Waals surface area contributed by atoms with Crippen LogP contribution in [0.4, 0.5) is 4.39 Å². The SMILES string of the molecule is NC(CN1CCCCCCC1=O)c1cccc(F)c1. The Morgan fingerprint density at radius 1 is 1.26 bits per heavy atom. The molecule has 0 aliphatic carbocycles. The molecule has 3 nitrogen and oxygen atoms in total. The number of hydrogen-bond donors (Lipinski definition) is 1. The lowest BCUT2D eigenvalue weighted by Gasteiger charge is -2.27. The zero-order chi connectivity index (χ0) is 13.7. The molecule has 4 heteroatoms. The van der Waals surface area contributed by atoms with Crippen molar-refractivity contribution < 1.29 is 9.18 Å². The van der Waals surface area contributed by atoms with Crippen LogP contribution in [0, 0.1) is 5.82 Å². The van der Waals surface area contributed by atoms with E-state index in [1.165, 1.54) is 18.6 Å². The molecule has 2 N–H and O–H groups in total. The number of benzene rings is 1. The van der Waals surface area contributed by atoms with Gasteiger partial charge in [-0.15, -0.1) is 0 Å². The number of carbonyl (C=O) groups excluding carboxylic acids is 1. The summed E-state index contributed by atoms with van der Waals surface area (Å²) in [5.41, 5.74) is 6.83. The number of hydrogen-bond acceptors (Lipinski definition) is 2. The van der Waals surface area contributed by atoms with E-state index in [2.05, 4.69) is 0 Å². The summed E-state index contributed by atoms with van der Waals surface area (Å²) in [5, 5.41) is 0. The molecule has 0 bridgehead atoms. The van der Waals surface area contributed by atoms with Gasteiger partial charge in [0.15, 0.2) is 0 Å². The number of carbonyl (C=O) groups is 1. The van der Waals surface area contributed by atoms with Gasteiger partial charge in [-0.05, 0) is 30.5 Å². The maximum Gasteiger partial charge on any atom is 0.222 e. The molecule has 1 saturated heterocycles. The third-order valence-corrected chi connectivity index (χ3v) is 3.62. The Bertz CT molecular complexity index is 436. The highest BCUT2D eigenvalue weighted by molar-refractivity contribution is 5.76. The van der Waals surface area contributed by atoms with Crippen LogP contribution in [0.2, 0.25) is 0 Å². The monoisotopic (exact) mass is 264 g/mol. The van der Waals surface area contributed by atoms with E-state index in [9.17, 15) is 9.18 Å². The van der Waals surface area contributed by atoms with Crippen LogP contribution in [0.3, 0.4) is 0 Å². The van der Waals surface area contributed by atoms with Crippen molar-refractivity contribution in [3.63, 3.8) is 0 Å². The van der Waals surface area contributed by atoms with Gasteiger partial charge in [-0.2, -0.15) is 0 Å². The average molecular weight is 264 g/mol. The summed E-state index contributed by atoms with van der Waals surface area (Å²) in [6.45, 7) is 1.24. The molecular weight excluding hydrogens is 243 g/mol. The highest BCUT2D eigenvalue weighted by Gasteiger charge is 2.19. The van der Waals surface area contributed by atoms with Crippen LogP contribution < -0.4 is 5.73 Å². The number of nitrogens with zero attached hydrogens (tertiary/aromatic N) is 1. The van der Waals surface area contributed by atoms with Crippen molar-refractivity contribution in [3.8, 4) is 0 Å². The molecule has 104 valence electrons. The first-order valence-corrected chi connectivity index (χ1v) is 6.95. The second kappa shape index (κ2) is 6.66. The molecule has 1 aromatic carbocycles. The Labute approximate surface area is 113 Å². The summed E-state index contributed by atoms with van der Waals surface area (Å²) in [4.78, 5) is 13.8. The molecule has 1 amide bonds. The second-order valence-electron chi connectivity index (χ2n) is 5.17. The summed E-state index contributed by atoms with van der Waals surface area (Å²) in [6, 6.07) is 5.98. The lowest BCUT2D eigenvalue weighted by atomic mass is 10.0. The maximum absolute atomic E-state index is 13.2. The number of nitrogens with two attached hydrogens (primary N) is 1. The zero-order valence-electron chi connectivity index (χ0n) is 11.1. The molecule has 0 spiro atoms. The molecule has 0 aromatic heterocycles. The van der Waals surface area contributed by atoms with Crippen LogP contribution in [0.1, 0.15) is 43.7 Å². The van der Waals surface area contributed by atoms with Gasteiger partial charge < -0.3 is 10.6 Å². The molecule has 19 heavy (non-hydrogen) atoms. The number of rotatable bonds is 3. The first kappa shape index (κ1) is 14.0. The summed E-state index contributed by atoms with van der Waals surface area (Å²) in [6.07, 6.45) is 4.90. The van der Waals surface area contributed by atoms with Gasteiger partial charge in [0.05, 0.1) is 0 Å². The molecule has 1 aliphatic heterocycles. The Morgan fingerprint density at radius 3 is 2.84 bits per heavy atom. The largest absolute Gasteiger partial charge is 0.341 e. The molecule has 0 radical (unpaired) electrons. The van der Waals surface area contributed by atoms with Gasteiger partial charge in [0.1, 0.15) is 5.82 Å². The molecule has 1 fully saturated rings. The van der Waals surface area contributed by atoms with Gasteiger partial charge >= 0.3 is 0 Å². The highest BCUT2D eigenvalue weighted by Crippen LogP contribution is 2.17. The normalized spacial score (nSPS) is 18.8. The van der Waals surface area contributed by atoms with Crippen molar-refractivity contribution in [1.82, 2.24) is 4.90 Å². The number of halogens is 1. The maximum atomic E-state index is 13.2. The van der Waals surface area contributed by atoms with Crippen molar-refractivity contribution in [2.45, 2.75) is 38.1 Å². The van der Waals surface area contributed by atoms with Crippen LogP contribution >= 0.6 is 0 Å². The Morgan fingerprint density at radius 2 is 2.05 bits per heavy atom. The lowest BCUT2D eigenvalue weighted by molar-refractivity contribution is -0.132. The van der Waals surface area contributed by atoms with Gasteiger partial charge in [0.2, 0.25) is 5.91 Å². The Kier molecular flexibility index (Phi) is 4.91. The van der Waals surface area contributed by atoms with E-state index < -0.39 is 0 Å². The minimum Gasteiger partial charge on any atom is -0.341 e. The van der Waals surface area contributed by atoms with E-state index in [4.69, 9.17) is 5.73 Å². The van der Waals surface area contributed by atoms with Gasteiger partial charge in [-0.3, -0.25) is 4.79 Å². The van der Waals surface area contributed by atoms with Gasteiger partial charge in [-0.25, -0.2) is 4.39 Å². The highest BCUT2D eigenvalue weighted by atomic mass is 19.1. The smallest absolute Gasteiger partial charge is 0.222 e. The fraction of sp³-hybridized carbons (Fsp3) is 0.533. The summed E-state index contributed by atoms with van der Waals surface area (Å²) < 4.78 is 13.2. The zero-order valence-corrected chi connectivity index (χ0v) is 11.1. The minimum absolute atomic E-state index is 0.173. The average Bonchev–Trinajstić information content (AvgIpc) is 2.38. The quantitative estimate of drug-likeness (QED) is 0.912. The molecule has 1 aromatic rings. The molecule has 0 saturated carbocycles. The first-order valence-electron chi connectivity index (χ1n) is 6.95. The molecule has 1 unspecified atom stereocenters. The molecule has 1 aliphatic rings.